The fraction of sp³-hybridized carbons (Fsp3) is 0.533. The van der Waals surface area contributed by atoms with Gasteiger partial charge in [0.1, 0.15) is 4.99 Å². The van der Waals surface area contributed by atoms with Crippen LogP contribution in [0.5, 0.6) is 0 Å². The molecule has 1 aromatic carbocycles. The molecular weight excluding hydrogens is 304 g/mol. The molecular formula is C15H22N2O2S2. The molecule has 0 radical (unpaired) electrons. The van der Waals surface area contributed by atoms with Crippen LogP contribution in [-0.2, 0) is 10.0 Å². The van der Waals surface area contributed by atoms with Crippen molar-refractivity contribution in [3.05, 3.63) is 29.8 Å². The third-order valence-electron chi connectivity index (χ3n) is 4.01. The van der Waals surface area contributed by atoms with E-state index >= 15 is 0 Å². The van der Waals surface area contributed by atoms with Gasteiger partial charge in [-0.15, -0.1) is 0 Å². The smallest absolute Gasteiger partial charge is 0.240 e. The predicted octanol–water partition coefficient (Wildman–Crippen LogP) is 2.57. The van der Waals surface area contributed by atoms with Gasteiger partial charge in [-0.1, -0.05) is 44.1 Å². The highest BCUT2D eigenvalue weighted by Gasteiger charge is 2.23. The summed E-state index contributed by atoms with van der Waals surface area (Å²) in [5.41, 5.74) is 6.13. The monoisotopic (exact) mass is 326 g/mol. The van der Waals surface area contributed by atoms with Gasteiger partial charge in [0.15, 0.2) is 0 Å². The standard InChI is InChI=1S/C15H22N2O2S2/c1-11-4-2-6-13(9-8-11)17-21(18,19)14-7-3-5-12(10-14)15(16)20/h3,5,7,10-11,13,17H,2,4,6,8-9H2,1H3,(H2,16,20). The molecule has 1 fully saturated rings. The Morgan fingerprint density at radius 3 is 2.76 bits per heavy atom. The Bertz CT molecular complexity index is 614. The molecule has 6 heteroatoms. The molecule has 2 atom stereocenters. The van der Waals surface area contributed by atoms with E-state index in [-0.39, 0.29) is 15.9 Å². The van der Waals surface area contributed by atoms with Crippen molar-refractivity contribution in [2.75, 3.05) is 0 Å². The van der Waals surface area contributed by atoms with E-state index in [0.29, 0.717) is 11.5 Å². The van der Waals surface area contributed by atoms with Crippen LogP contribution in [0.2, 0.25) is 0 Å². The van der Waals surface area contributed by atoms with Crippen molar-refractivity contribution in [2.24, 2.45) is 11.7 Å². The zero-order chi connectivity index (χ0) is 15.5. The molecule has 0 aliphatic heterocycles. The molecule has 0 bridgehead atoms. The Balaban J connectivity index is 2.14. The van der Waals surface area contributed by atoms with Crippen LogP contribution in [0.3, 0.4) is 0 Å². The van der Waals surface area contributed by atoms with Gasteiger partial charge in [-0.25, -0.2) is 13.1 Å². The summed E-state index contributed by atoms with van der Waals surface area (Å²) < 4.78 is 27.8. The second-order valence-electron chi connectivity index (χ2n) is 5.82. The molecule has 21 heavy (non-hydrogen) atoms. The van der Waals surface area contributed by atoms with E-state index in [0.717, 1.165) is 25.7 Å². The van der Waals surface area contributed by atoms with Crippen molar-refractivity contribution in [3.8, 4) is 0 Å². The van der Waals surface area contributed by atoms with Crippen LogP contribution in [-0.4, -0.2) is 19.4 Å². The van der Waals surface area contributed by atoms with E-state index in [1.807, 2.05) is 0 Å². The van der Waals surface area contributed by atoms with Crippen LogP contribution >= 0.6 is 12.2 Å². The molecule has 2 unspecified atom stereocenters. The van der Waals surface area contributed by atoms with Crippen molar-refractivity contribution in [1.82, 2.24) is 4.72 Å². The average molecular weight is 326 g/mol. The Hall–Kier alpha value is -0.980. The summed E-state index contributed by atoms with van der Waals surface area (Å²) in [6, 6.07) is 6.51. The first-order chi connectivity index (χ1) is 9.88. The lowest BCUT2D eigenvalue weighted by molar-refractivity contribution is 0.484. The van der Waals surface area contributed by atoms with Gasteiger partial charge >= 0.3 is 0 Å². The molecule has 3 N–H and O–H groups in total. The highest BCUT2D eigenvalue weighted by Crippen LogP contribution is 2.24. The van der Waals surface area contributed by atoms with E-state index < -0.39 is 10.0 Å². The zero-order valence-electron chi connectivity index (χ0n) is 12.2. The molecule has 1 aliphatic rings. The summed E-state index contributed by atoms with van der Waals surface area (Å²) in [4.78, 5) is 0.431. The minimum atomic E-state index is -3.51. The van der Waals surface area contributed by atoms with Crippen LogP contribution in [0.15, 0.2) is 29.2 Å². The summed E-state index contributed by atoms with van der Waals surface area (Å²) in [6.45, 7) is 2.22. The van der Waals surface area contributed by atoms with Crippen LogP contribution in [0.25, 0.3) is 0 Å². The maximum atomic E-state index is 12.5. The lowest BCUT2D eigenvalue weighted by Crippen LogP contribution is -2.34. The van der Waals surface area contributed by atoms with Crippen molar-refractivity contribution >= 4 is 27.2 Å². The Labute approximate surface area is 132 Å². The van der Waals surface area contributed by atoms with Crippen LogP contribution in [0.1, 0.15) is 44.6 Å². The number of nitrogens with one attached hydrogen (secondary N) is 1. The fourth-order valence-corrected chi connectivity index (χ4v) is 4.19. The number of thiocarbonyl (C=S) groups is 1. The van der Waals surface area contributed by atoms with E-state index in [1.165, 1.54) is 12.5 Å². The lowest BCUT2D eigenvalue weighted by Gasteiger charge is -2.17. The molecule has 116 valence electrons. The normalized spacial score (nSPS) is 23.5. The highest BCUT2D eigenvalue weighted by atomic mass is 32.2. The summed E-state index contributed by atoms with van der Waals surface area (Å²) in [5, 5.41) is 0. The molecule has 1 aromatic rings. The molecule has 0 saturated heterocycles. The SMILES string of the molecule is CC1CCCC(NS(=O)(=O)c2cccc(C(N)=S)c2)CC1. The Morgan fingerprint density at radius 2 is 2.05 bits per heavy atom. The van der Waals surface area contributed by atoms with Gasteiger partial charge < -0.3 is 5.73 Å². The largest absolute Gasteiger partial charge is 0.389 e. The summed E-state index contributed by atoms with van der Waals surface area (Å²) in [6.07, 6.45) is 5.12. The summed E-state index contributed by atoms with van der Waals surface area (Å²) >= 11 is 4.90. The van der Waals surface area contributed by atoms with E-state index in [2.05, 4.69) is 11.6 Å². The van der Waals surface area contributed by atoms with E-state index in [9.17, 15) is 8.42 Å². The van der Waals surface area contributed by atoms with Gasteiger partial charge in [-0.3, -0.25) is 0 Å². The minimum Gasteiger partial charge on any atom is -0.389 e. The van der Waals surface area contributed by atoms with Crippen LogP contribution in [0.4, 0.5) is 0 Å². The predicted molar refractivity (Wildman–Crippen MR) is 88.7 cm³/mol. The maximum absolute atomic E-state index is 12.5. The number of hydrogen-bond donors (Lipinski definition) is 2. The average Bonchev–Trinajstić information content (AvgIpc) is 2.63. The maximum Gasteiger partial charge on any atom is 0.240 e. The van der Waals surface area contributed by atoms with Gasteiger partial charge in [0.05, 0.1) is 4.90 Å². The third-order valence-corrected chi connectivity index (χ3v) is 5.76. The second-order valence-corrected chi connectivity index (χ2v) is 7.98. The molecule has 1 saturated carbocycles. The topological polar surface area (TPSA) is 72.2 Å². The van der Waals surface area contributed by atoms with Gasteiger partial charge in [-0.2, -0.15) is 0 Å². The molecule has 0 aromatic heterocycles. The van der Waals surface area contributed by atoms with Gasteiger partial charge in [0.25, 0.3) is 0 Å². The lowest BCUT2D eigenvalue weighted by atomic mass is 10.0. The second kappa shape index (κ2) is 6.85. The van der Waals surface area contributed by atoms with Crippen molar-refractivity contribution in [3.63, 3.8) is 0 Å². The first kappa shape index (κ1) is 16.4. The quantitative estimate of drug-likeness (QED) is 0.659. The number of sulfonamides is 1. The van der Waals surface area contributed by atoms with Crippen LogP contribution < -0.4 is 10.5 Å². The van der Waals surface area contributed by atoms with E-state index in [4.69, 9.17) is 18.0 Å². The number of hydrogen-bond acceptors (Lipinski definition) is 3. The van der Waals surface area contributed by atoms with Crippen molar-refractivity contribution in [1.29, 1.82) is 0 Å². The zero-order valence-corrected chi connectivity index (χ0v) is 13.8. The van der Waals surface area contributed by atoms with E-state index in [1.54, 1.807) is 18.2 Å². The summed E-state index contributed by atoms with van der Waals surface area (Å²) in [5.74, 6) is 0.678. The van der Waals surface area contributed by atoms with Gasteiger partial charge in [0, 0.05) is 11.6 Å². The van der Waals surface area contributed by atoms with Crippen molar-refractivity contribution < 1.29 is 8.42 Å². The first-order valence-corrected chi connectivity index (χ1v) is 9.20. The third kappa shape index (κ3) is 4.49. The van der Waals surface area contributed by atoms with Crippen molar-refractivity contribution in [2.45, 2.75) is 50.0 Å². The highest BCUT2D eigenvalue weighted by molar-refractivity contribution is 7.89. The van der Waals surface area contributed by atoms with Gasteiger partial charge in [0.2, 0.25) is 10.0 Å². The molecule has 0 heterocycles. The van der Waals surface area contributed by atoms with Crippen LogP contribution in [0, 0.1) is 5.92 Å². The molecule has 4 nitrogen and oxygen atoms in total. The Kier molecular flexibility index (Phi) is 5.35. The molecule has 2 rings (SSSR count). The molecule has 0 spiro atoms. The minimum absolute atomic E-state index is 0.0217. The number of nitrogens with two attached hydrogens (primary N) is 1. The fourth-order valence-electron chi connectivity index (χ4n) is 2.71. The Morgan fingerprint density at radius 1 is 1.29 bits per heavy atom. The summed E-state index contributed by atoms with van der Waals surface area (Å²) in [7, 11) is -3.51. The number of benzene rings is 1. The first-order valence-electron chi connectivity index (χ1n) is 7.30. The molecule has 1 aliphatic carbocycles. The number of rotatable bonds is 4. The molecule has 0 amide bonds. The van der Waals surface area contributed by atoms with Gasteiger partial charge in [-0.05, 0) is 37.3 Å².